The van der Waals surface area contributed by atoms with Crippen molar-refractivity contribution in [3.8, 4) is 0 Å². The second-order valence-corrected chi connectivity index (χ2v) is 9.40. The van der Waals surface area contributed by atoms with Gasteiger partial charge in [-0.3, -0.25) is 19.4 Å². The Bertz CT molecular complexity index is 1060. The van der Waals surface area contributed by atoms with E-state index in [0.29, 0.717) is 43.5 Å². The van der Waals surface area contributed by atoms with E-state index in [0.717, 1.165) is 5.56 Å². The number of hydrogen-bond donors (Lipinski definition) is 3. The van der Waals surface area contributed by atoms with Gasteiger partial charge in [0.1, 0.15) is 0 Å². The van der Waals surface area contributed by atoms with Gasteiger partial charge in [-0.05, 0) is 35.7 Å². The van der Waals surface area contributed by atoms with Gasteiger partial charge in [0.25, 0.3) is 11.8 Å². The molecular formula is C27H38N6O3. The van der Waals surface area contributed by atoms with Crippen molar-refractivity contribution in [2.24, 2.45) is 0 Å². The number of nitrogens with one attached hydrogen (secondary N) is 3. The van der Waals surface area contributed by atoms with Crippen LogP contribution in [0, 0.1) is 6.92 Å². The minimum absolute atomic E-state index is 0.000475. The number of carbonyl (C=O) groups is 3. The van der Waals surface area contributed by atoms with Gasteiger partial charge < -0.3 is 20.9 Å². The molecule has 2 aromatic rings. The highest BCUT2D eigenvalue weighted by Crippen LogP contribution is 2.25. The molecule has 0 fully saturated rings. The number of anilines is 1. The molecule has 0 atom stereocenters. The number of hydrazine groups is 1. The van der Waals surface area contributed by atoms with Crippen molar-refractivity contribution in [1.29, 1.82) is 0 Å². The van der Waals surface area contributed by atoms with E-state index in [4.69, 9.17) is 0 Å². The molecule has 194 valence electrons. The van der Waals surface area contributed by atoms with Crippen LogP contribution in [0.25, 0.3) is 0 Å². The highest BCUT2D eigenvalue weighted by atomic mass is 16.2. The minimum atomic E-state index is -0.223. The normalized spacial score (nSPS) is 12.8. The monoisotopic (exact) mass is 494 g/mol. The van der Waals surface area contributed by atoms with Crippen LogP contribution < -0.4 is 20.9 Å². The molecule has 0 radical (unpaired) electrons. The molecule has 9 nitrogen and oxygen atoms in total. The molecule has 1 heterocycles. The van der Waals surface area contributed by atoms with E-state index in [9.17, 15) is 14.4 Å². The van der Waals surface area contributed by atoms with Crippen molar-refractivity contribution in [3.63, 3.8) is 0 Å². The van der Waals surface area contributed by atoms with Crippen LogP contribution in [0.3, 0.4) is 0 Å². The van der Waals surface area contributed by atoms with Gasteiger partial charge in [0.2, 0.25) is 5.91 Å². The lowest BCUT2D eigenvalue weighted by Gasteiger charge is -2.32. The topological polar surface area (TPSA) is 97.0 Å². The van der Waals surface area contributed by atoms with Crippen LogP contribution in [0.5, 0.6) is 0 Å². The average Bonchev–Trinajstić information content (AvgIpc) is 3.29. The van der Waals surface area contributed by atoms with E-state index < -0.39 is 0 Å². The molecule has 36 heavy (non-hydrogen) atoms. The number of fused-ring (bicyclic) bond motifs is 1. The largest absolute Gasteiger partial charge is 0.355 e. The van der Waals surface area contributed by atoms with Gasteiger partial charge in [-0.1, -0.05) is 44.2 Å². The predicted molar refractivity (Wildman–Crippen MR) is 141 cm³/mol. The third-order valence-corrected chi connectivity index (χ3v) is 6.31. The first-order chi connectivity index (χ1) is 17.2. The van der Waals surface area contributed by atoms with Crippen LogP contribution in [0.4, 0.5) is 5.69 Å². The molecule has 3 amide bonds. The van der Waals surface area contributed by atoms with Crippen LogP contribution in [-0.4, -0.2) is 74.1 Å². The number of carbonyl (C=O) groups excluding carboxylic acids is 3. The van der Waals surface area contributed by atoms with Crippen molar-refractivity contribution >= 4 is 23.4 Å². The van der Waals surface area contributed by atoms with Gasteiger partial charge in [-0.15, -0.1) is 0 Å². The fourth-order valence-corrected chi connectivity index (χ4v) is 4.20. The summed E-state index contributed by atoms with van der Waals surface area (Å²) in [4.78, 5) is 40.2. The molecule has 1 aliphatic rings. The van der Waals surface area contributed by atoms with Crippen LogP contribution in [-0.2, 0) is 22.7 Å². The Morgan fingerprint density at radius 3 is 2.28 bits per heavy atom. The summed E-state index contributed by atoms with van der Waals surface area (Å²) in [5.74, 6) is -0.546. The third-order valence-electron chi connectivity index (χ3n) is 6.31. The molecule has 0 aliphatic carbocycles. The number of hydrogen-bond acceptors (Lipinski definition) is 6. The number of likely N-dealkylation sites (N-methyl/N-ethyl adjacent to an activating group) is 1. The quantitative estimate of drug-likeness (QED) is 0.411. The first-order valence-corrected chi connectivity index (χ1v) is 12.4. The standard InChI is InChI=1S/C27H38N6O3/c1-19(2)29-12-13-30-25(34)17-32(24-14-21(27(36)28-4)11-10-20(24)3)18-26(35)31(5)33-15-22-8-6-7-9-23(22)16-33/h6-11,14,19,29H,12-13,15-18H2,1-5H3,(H,28,36)(H,30,34). The van der Waals surface area contributed by atoms with Gasteiger partial charge in [-0.2, -0.15) is 0 Å². The predicted octanol–water partition coefficient (Wildman–Crippen LogP) is 1.66. The Morgan fingerprint density at radius 1 is 1.00 bits per heavy atom. The molecule has 0 spiro atoms. The Balaban J connectivity index is 1.75. The second kappa shape index (κ2) is 12.5. The number of aryl methyl sites for hydroxylation is 1. The summed E-state index contributed by atoms with van der Waals surface area (Å²) in [7, 11) is 3.34. The molecule has 0 saturated heterocycles. The lowest BCUT2D eigenvalue weighted by Crippen LogP contribution is -2.48. The Hall–Kier alpha value is -3.43. The highest BCUT2D eigenvalue weighted by molar-refractivity contribution is 5.96. The van der Waals surface area contributed by atoms with E-state index in [-0.39, 0.29) is 30.8 Å². The number of rotatable bonds is 11. The summed E-state index contributed by atoms with van der Waals surface area (Å²) < 4.78 is 0. The number of amides is 3. The van der Waals surface area contributed by atoms with Crippen molar-refractivity contribution in [2.45, 2.75) is 39.9 Å². The van der Waals surface area contributed by atoms with Gasteiger partial charge in [-0.25, -0.2) is 5.01 Å². The summed E-state index contributed by atoms with van der Waals surface area (Å²) in [5.41, 5.74) is 4.44. The molecule has 0 bridgehead atoms. The van der Waals surface area contributed by atoms with E-state index in [1.807, 2.05) is 44.0 Å². The van der Waals surface area contributed by atoms with Crippen molar-refractivity contribution in [1.82, 2.24) is 26.0 Å². The van der Waals surface area contributed by atoms with Crippen LogP contribution in [0.15, 0.2) is 42.5 Å². The van der Waals surface area contributed by atoms with Crippen molar-refractivity contribution < 1.29 is 14.4 Å². The molecule has 0 saturated carbocycles. The minimum Gasteiger partial charge on any atom is -0.355 e. The smallest absolute Gasteiger partial charge is 0.256 e. The fraction of sp³-hybridized carbons (Fsp3) is 0.444. The maximum absolute atomic E-state index is 13.4. The second-order valence-electron chi connectivity index (χ2n) is 9.40. The summed E-state index contributed by atoms with van der Waals surface area (Å²) in [5, 5.41) is 12.4. The Labute approximate surface area is 213 Å². The van der Waals surface area contributed by atoms with Crippen LogP contribution >= 0.6 is 0 Å². The van der Waals surface area contributed by atoms with E-state index >= 15 is 0 Å². The van der Waals surface area contributed by atoms with E-state index in [1.54, 1.807) is 36.1 Å². The zero-order valence-electron chi connectivity index (χ0n) is 21.9. The van der Waals surface area contributed by atoms with E-state index in [1.165, 1.54) is 11.1 Å². The molecule has 2 aromatic carbocycles. The zero-order valence-corrected chi connectivity index (χ0v) is 21.9. The average molecular weight is 495 g/mol. The summed E-state index contributed by atoms with van der Waals surface area (Å²) >= 11 is 0. The molecule has 3 rings (SSSR count). The van der Waals surface area contributed by atoms with E-state index in [2.05, 4.69) is 28.1 Å². The van der Waals surface area contributed by atoms with Gasteiger partial charge in [0, 0.05) is 57.6 Å². The summed E-state index contributed by atoms with van der Waals surface area (Å²) in [6.45, 7) is 8.47. The third kappa shape index (κ3) is 7.05. The maximum atomic E-state index is 13.4. The molecule has 3 N–H and O–H groups in total. The number of benzene rings is 2. The van der Waals surface area contributed by atoms with Gasteiger partial charge in [0.05, 0.1) is 13.1 Å². The highest BCUT2D eigenvalue weighted by Gasteiger charge is 2.27. The molecular weight excluding hydrogens is 456 g/mol. The molecule has 0 unspecified atom stereocenters. The SMILES string of the molecule is CNC(=O)c1ccc(C)c(N(CC(=O)NCCNC(C)C)CC(=O)N(C)N2Cc3ccccc3C2)c1. The first-order valence-electron chi connectivity index (χ1n) is 12.4. The Morgan fingerprint density at radius 2 is 1.67 bits per heavy atom. The fourth-order valence-electron chi connectivity index (χ4n) is 4.20. The summed E-state index contributed by atoms with van der Waals surface area (Å²) in [6.07, 6.45) is 0. The lowest BCUT2D eigenvalue weighted by atomic mass is 10.1. The van der Waals surface area contributed by atoms with Gasteiger partial charge in [0.15, 0.2) is 0 Å². The Kier molecular flexibility index (Phi) is 9.44. The maximum Gasteiger partial charge on any atom is 0.256 e. The molecule has 9 heteroatoms. The first kappa shape index (κ1) is 27.2. The van der Waals surface area contributed by atoms with Crippen molar-refractivity contribution in [3.05, 3.63) is 64.7 Å². The molecule has 0 aromatic heterocycles. The number of nitrogens with zero attached hydrogens (tertiary/aromatic N) is 3. The molecule has 1 aliphatic heterocycles. The van der Waals surface area contributed by atoms with Crippen LogP contribution in [0.2, 0.25) is 0 Å². The van der Waals surface area contributed by atoms with Crippen molar-refractivity contribution in [2.75, 3.05) is 45.2 Å². The summed E-state index contributed by atoms with van der Waals surface area (Å²) in [6, 6.07) is 13.8. The lowest BCUT2D eigenvalue weighted by molar-refractivity contribution is -0.145. The van der Waals surface area contributed by atoms with Crippen LogP contribution in [0.1, 0.15) is 40.9 Å². The van der Waals surface area contributed by atoms with Gasteiger partial charge >= 0.3 is 0 Å². The zero-order chi connectivity index (χ0) is 26.2.